The molecule has 2 aliphatic rings. The summed E-state index contributed by atoms with van der Waals surface area (Å²) in [4.78, 5) is 0. The molecule has 0 saturated carbocycles. The van der Waals surface area contributed by atoms with Crippen LogP contribution in [-0.2, 0) is 14.2 Å². The van der Waals surface area contributed by atoms with Gasteiger partial charge in [0.15, 0.2) is 5.79 Å². The van der Waals surface area contributed by atoms with Crippen LogP contribution in [0.4, 0.5) is 0 Å². The predicted octanol–water partition coefficient (Wildman–Crippen LogP) is 1.85. The molecule has 0 radical (unpaired) electrons. The Hall–Kier alpha value is -0.160. The van der Waals surface area contributed by atoms with Gasteiger partial charge in [-0.1, -0.05) is 20.3 Å². The molecule has 0 spiro atoms. The first kappa shape index (κ1) is 13.3. The second-order valence-corrected chi connectivity index (χ2v) is 5.03. The standard InChI is InChI=1S/C13H24O4/c1-3-5-7-13(4-2)16-9-11(17-13)12-10(14)6-8-15-12/h10-12,14H,3-9H2,1-2H3/t10-,11?,12+,13?/m1/s1. The van der Waals surface area contributed by atoms with Crippen molar-refractivity contribution in [2.45, 2.75) is 70.1 Å². The highest BCUT2D eigenvalue weighted by Crippen LogP contribution is 2.35. The maximum Gasteiger partial charge on any atom is 0.168 e. The van der Waals surface area contributed by atoms with Crippen LogP contribution in [0.15, 0.2) is 0 Å². The van der Waals surface area contributed by atoms with Crippen LogP contribution in [0.5, 0.6) is 0 Å². The summed E-state index contributed by atoms with van der Waals surface area (Å²) in [6.45, 7) is 5.42. The molecule has 17 heavy (non-hydrogen) atoms. The van der Waals surface area contributed by atoms with Gasteiger partial charge in [-0.05, 0) is 19.3 Å². The molecule has 2 aliphatic heterocycles. The van der Waals surface area contributed by atoms with E-state index >= 15 is 0 Å². The largest absolute Gasteiger partial charge is 0.390 e. The Morgan fingerprint density at radius 2 is 2.18 bits per heavy atom. The van der Waals surface area contributed by atoms with E-state index in [1.54, 1.807) is 0 Å². The lowest BCUT2D eigenvalue weighted by Gasteiger charge is -2.28. The van der Waals surface area contributed by atoms with Crippen molar-refractivity contribution < 1.29 is 19.3 Å². The van der Waals surface area contributed by atoms with Gasteiger partial charge in [0.1, 0.15) is 12.2 Å². The number of hydrogen-bond acceptors (Lipinski definition) is 4. The molecule has 0 aliphatic carbocycles. The first-order chi connectivity index (χ1) is 8.21. The Morgan fingerprint density at radius 1 is 1.35 bits per heavy atom. The highest BCUT2D eigenvalue weighted by molar-refractivity contribution is 4.88. The summed E-state index contributed by atoms with van der Waals surface area (Å²) in [7, 11) is 0. The topological polar surface area (TPSA) is 47.9 Å². The van der Waals surface area contributed by atoms with E-state index in [0.29, 0.717) is 19.6 Å². The van der Waals surface area contributed by atoms with Crippen LogP contribution in [0.2, 0.25) is 0 Å². The van der Waals surface area contributed by atoms with E-state index in [1.807, 2.05) is 0 Å². The number of rotatable bonds is 5. The molecule has 1 N–H and O–H groups in total. The Kier molecular flexibility index (Phi) is 4.42. The second-order valence-electron chi connectivity index (χ2n) is 5.03. The molecule has 0 aromatic carbocycles. The zero-order valence-electron chi connectivity index (χ0n) is 10.9. The van der Waals surface area contributed by atoms with E-state index in [9.17, 15) is 5.11 Å². The molecule has 4 nitrogen and oxygen atoms in total. The Morgan fingerprint density at radius 3 is 2.76 bits per heavy atom. The molecule has 2 unspecified atom stereocenters. The molecular formula is C13H24O4. The van der Waals surface area contributed by atoms with E-state index in [4.69, 9.17) is 14.2 Å². The van der Waals surface area contributed by atoms with Crippen molar-refractivity contribution in [2.24, 2.45) is 0 Å². The van der Waals surface area contributed by atoms with Crippen LogP contribution in [0, 0.1) is 0 Å². The molecule has 2 heterocycles. The monoisotopic (exact) mass is 244 g/mol. The Bertz CT molecular complexity index is 246. The predicted molar refractivity (Wildman–Crippen MR) is 63.7 cm³/mol. The zero-order chi connectivity index (χ0) is 12.3. The number of aliphatic hydroxyl groups is 1. The van der Waals surface area contributed by atoms with Crippen LogP contribution in [0.25, 0.3) is 0 Å². The van der Waals surface area contributed by atoms with Gasteiger partial charge in [0.25, 0.3) is 0 Å². The summed E-state index contributed by atoms with van der Waals surface area (Å²) >= 11 is 0. The van der Waals surface area contributed by atoms with Crippen molar-refractivity contribution in [2.75, 3.05) is 13.2 Å². The number of unbranched alkanes of at least 4 members (excludes halogenated alkanes) is 1. The van der Waals surface area contributed by atoms with Crippen molar-refractivity contribution in [3.05, 3.63) is 0 Å². The molecule has 0 amide bonds. The van der Waals surface area contributed by atoms with Gasteiger partial charge in [-0.15, -0.1) is 0 Å². The number of ether oxygens (including phenoxy) is 3. The lowest BCUT2D eigenvalue weighted by molar-refractivity contribution is -0.189. The van der Waals surface area contributed by atoms with E-state index in [-0.39, 0.29) is 12.2 Å². The second kappa shape index (κ2) is 5.65. The lowest BCUT2D eigenvalue weighted by Crippen LogP contribution is -2.38. The van der Waals surface area contributed by atoms with Gasteiger partial charge >= 0.3 is 0 Å². The van der Waals surface area contributed by atoms with Crippen LogP contribution in [0.3, 0.4) is 0 Å². The fraction of sp³-hybridized carbons (Fsp3) is 1.00. The van der Waals surface area contributed by atoms with E-state index in [0.717, 1.165) is 25.7 Å². The number of aliphatic hydroxyl groups excluding tert-OH is 1. The summed E-state index contributed by atoms with van der Waals surface area (Å²) in [6.07, 6.45) is 4.03. The minimum atomic E-state index is -0.438. The first-order valence-electron chi connectivity index (χ1n) is 6.82. The zero-order valence-corrected chi connectivity index (χ0v) is 10.9. The van der Waals surface area contributed by atoms with Crippen LogP contribution in [-0.4, -0.2) is 42.4 Å². The molecule has 2 saturated heterocycles. The smallest absolute Gasteiger partial charge is 0.168 e. The average molecular weight is 244 g/mol. The van der Waals surface area contributed by atoms with Gasteiger partial charge in [0.05, 0.1) is 12.7 Å². The van der Waals surface area contributed by atoms with Gasteiger partial charge < -0.3 is 19.3 Å². The summed E-state index contributed by atoms with van der Waals surface area (Å²) in [5.41, 5.74) is 0. The third kappa shape index (κ3) is 2.81. The summed E-state index contributed by atoms with van der Waals surface area (Å²) < 4.78 is 17.4. The van der Waals surface area contributed by atoms with Crippen molar-refractivity contribution in [1.29, 1.82) is 0 Å². The Labute approximate surface area is 103 Å². The van der Waals surface area contributed by atoms with Crippen LogP contribution < -0.4 is 0 Å². The molecule has 0 aromatic heterocycles. The summed E-state index contributed by atoms with van der Waals surface area (Å²) in [6, 6.07) is 0. The van der Waals surface area contributed by atoms with Gasteiger partial charge in [0, 0.05) is 13.0 Å². The molecule has 2 fully saturated rings. The molecule has 0 aromatic rings. The van der Waals surface area contributed by atoms with E-state index < -0.39 is 11.9 Å². The maximum atomic E-state index is 9.81. The van der Waals surface area contributed by atoms with Gasteiger partial charge in [-0.2, -0.15) is 0 Å². The van der Waals surface area contributed by atoms with E-state index in [1.165, 1.54) is 0 Å². The fourth-order valence-electron chi connectivity index (χ4n) is 2.63. The third-order valence-corrected chi connectivity index (χ3v) is 3.80. The maximum absolute atomic E-state index is 9.81. The lowest BCUT2D eigenvalue weighted by atomic mass is 10.1. The van der Waals surface area contributed by atoms with Gasteiger partial charge in [0.2, 0.25) is 0 Å². The first-order valence-corrected chi connectivity index (χ1v) is 6.82. The Balaban J connectivity index is 1.92. The quantitative estimate of drug-likeness (QED) is 0.801. The van der Waals surface area contributed by atoms with Crippen molar-refractivity contribution in [3.8, 4) is 0 Å². The third-order valence-electron chi connectivity index (χ3n) is 3.80. The molecular weight excluding hydrogens is 220 g/mol. The highest BCUT2D eigenvalue weighted by atomic mass is 16.8. The minimum absolute atomic E-state index is 0.107. The highest BCUT2D eigenvalue weighted by Gasteiger charge is 2.46. The van der Waals surface area contributed by atoms with Crippen molar-refractivity contribution >= 4 is 0 Å². The number of hydrogen-bond donors (Lipinski definition) is 1. The SMILES string of the molecule is CCCCC1(CC)OCC([C@H]2OCC[C@H]2O)O1. The summed E-state index contributed by atoms with van der Waals surface area (Å²) in [5.74, 6) is -0.438. The normalized spacial score (nSPS) is 42.2. The molecule has 4 atom stereocenters. The van der Waals surface area contributed by atoms with Crippen molar-refractivity contribution in [3.63, 3.8) is 0 Å². The molecule has 4 heteroatoms. The van der Waals surface area contributed by atoms with Crippen LogP contribution in [0.1, 0.15) is 46.0 Å². The molecule has 2 rings (SSSR count). The van der Waals surface area contributed by atoms with Crippen LogP contribution >= 0.6 is 0 Å². The summed E-state index contributed by atoms with van der Waals surface area (Å²) in [5, 5.41) is 9.81. The van der Waals surface area contributed by atoms with Gasteiger partial charge in [-0.25, -0.2) is 0 Å². The van der Waals surface area contributed by atoms with Crippen molar-refractivity contribution in [1.82, 2.24) is 0 Å². The molecule has 100 valence electrons. The fourth-order valence-corrected chi connectivity index (χ4v) is 2.63. The molecule has 0 bridgehead atoms. The van der Waals surface area contributed by atoms with Gasteiger partial charge in [-0.3, -0.25) is 0 Å². The van der Waals surface area contributed by atoms with E-state index in [2.05, 4.69) is 13.8 Å². The average Bonchev–Trinajstić information content (AvgIpc) is 2.93. The minimum Gasteiger partial charge on any atom is -0.390 e.